The van der Waals surface area contributed by atoms with E-state index in [1.807, 2.05) is 0 Å². The number of rotatable bonds is 3. The molecule has 1 N–H and O–H groups in total. The minimum absolute atomic E-state index is 0.0249. The van der Waals surface area contributed by atoms with Crippen molar-refractivity contribution in [3.05, 3.63) is 28.3 Å². The maximum Gasteiger partial charge on any atom is 0.298 e. The lowest BCUT2D eigenvalue weighted by atomic mass is 10.3. The van der Waals surface area contributed by atoms with E-state index in [1.54, 1.807) is 12.1 Å². The average molecular weight is 233 g/mol. The highest BCUT2D eigenvalue weighted by atomic mass is 16.6. The van der Waals surface area contributed by atoms with Crippen LogP contribution in [0.1, 0.15) is 13.3 Å². The zero-order chi connectivity index (χ0) is 12.0. The van der Waals surface area contributed by atoms with Crippen molar-refractivity contribution in [2.24, 2.45) is 5.92 Å². The van der Waals surface area contributed by atoms with E-state index in [0.717, 1.165) is 6.42 Å². The van der Waals surface area contributed by atoms with E-state index >= 15 is 0 Å². The number of non-ortho nitro benzene ring substituents is 1. The first kappa shape index (κ1) is 10.1. The fourth-order valence-corrected chi connectivity index (χ4v) is 1.82. The summed E-state index contributed by atoms with van der Waals surface area (Å²) in [6.07, 6.45) is 1.08. The predicted molar refractivity (Wildman–Crippen MR) is 61.9 cm³/mol. The molecule has 1 heterocycles. The quantitative estimate of drug-likeness (QED) is 0.650. The fourth-order valence-electron chi connectivity index (χ4n) is 1.82. The van der Waals surface area contributed by atoms with Crippen molar-refractivity contribution >= 4 is 22.8 Å². The van der Waals surface area contributed by atoms with Crippen molar-refractivity contribution in [1.29, 1.82) is 0 Å². The second kappa shape index (κ2) is 3.44. The molecule has 6 nitrogen and oxygen atoms in total. The van der Waals surface area contributed by atoms with Gasteiger partial charge in [-0.3, -0.25) is 10.1 Å². The number of oxazole rings is 1. The number of anilines is 1. The number of nitrogens with zero attached hydrogens (tertiary/aromatic N) is 2. The molecule has 1 aromatic heterocycles. The van der Waals surface area contributed by atoms with E-state index in [2.05, 4.69) is 17.2 Å². The molecule has 0 aliphatic heterocycles. The minimum Gasteiger partial charge on any atom is -0.423 e. The summed E-state index contributed by atoms with van der Waals surface area (Å²) in [5.41, 5.74) is 0.714. The van der Waals surface area contributed by atoms with Gasteiger partial charge >= 0.3 is 0 Å². The molecule has 88 valence electrons. The summed E-state index contributed by atoms with van der Waals surface area (Å²) >= 11 is 0. The van der Waals surface area contributed by atoms with E-state index in [9.17, 15) is 10.1 Å². The van der Waals surface area contributed by atoms with Gasteiger partial charge in [0, 0.05) is 12.1 Å². The topological polar surface area (TPSA) is 81.2 Å². The summed E-state index contributed by atoms with van der Waals surface area (Å²) < 4.78 is 5.43. The van der Waals surface area contributed by atoms with Gasteiger partial charge in [-0.05, 0) is 18.4 Å². The Hall–Kier alpha value is -2.11. The van der Waals surface area contributed by atoms with Crippen molar-refractivity contribution in [3.8, 4) is 0 Å². The molecule has 0 radical (unpaired) electrons. The second-order valence-corrected chi connectivity index (χ2v) is 4.36. The predicted octanol–water partition coefficient (Wildman–Crippen LogP) is 2.56. The van der Waals surface area contributed by atoms with Crippen LogP contribution in [0.2, 0.25) is 0 Å². The van der Waals surface area contributed by atoms with Crippen molar-refractivity contribution in [1.82, 2.24) is 4.98 Å². The molecule has 1 aliphatic carbocycles. The molecule has 6 heteroatoms. The molecule has 1 fully saturated rings. The standard InChI is InChI=1S/C11H11N3O3/c1-6-5-7(6)12-11-13-10-8(14(15)16)3-2-4-9(10)17-11/h2-4,6-7H,5H2,1H3,(H,12,13). The first-order valence-electron chi connectivity index (χ1n) is 5.45. The molecule has 2 unspecified atom stereocenters. The molecular formula is C11H11N3O3. The van der Waals surface area contributed by atoms with Crippen LogP contribution in [0.5, 0.6) is 0 Å². The summed E-state index contributed by atoms with van der Waals surface area (Å²) in [5, 5.41) is 13.9. The van der Waals surface area contributed by atoms with E-state index < -0.39 is 4.92 Å². The Kier molecular flexibility index (Phi) is 2.04. The maximum atomic E-state index is 10.8. The number of aromatic nitrogens is 1. The number of para-hydroxylation sites is 1. The largest absolute Gasteiger partial charge is 0.423 e. The smallest absolute Gasteiger partial charge is 0.298 e. The summed E-state index contributed by atoms with van der Waals surface area (Å²) in [5.74, 6) is 0.611. The molecule has 2 aromatic rings. The van der Waals surface area contributed by atoms with Crippen LogP contribution in [0, 0.1) is 16.0 Å². The number of nitrogens with one attached hydrogen (secondary N) is 1. The fraction of sp³-hybridized carbons (Fsp3) is 0.364. The number of nitro groups is 1. The lowest BCUT2D eigenvalue weighted by Crippen LogP contribution is -2.03. The zero-order valence-corrected chi connectivity index (χ0v) is 9.21. The lowest BCUT2D eigenvalue weighted by Gasteiger charge is -1.95. The molecule has 3 rings (SSSR count). The Morgan fingerprint density at radius 1 is 1.59 bits per heavy atom. The van der Waals surface area contributed by atoms with Gasteiger partial charge in [-0.25, -0.2) is 0 Å². The van der Waals surface area contributed by atoms with Crippen molar-refractivity contribution in [2.45, 2.75) is 19.4 Å². The normalized spacial score (nSPS) is 22.6. The van der Waals surface area contributed by atoms with Gasteiger partial charge in [-0.2, -0.15) is 4.98 Å². The molecule has 0 bridgehead atoms. The van der Waals surface area contributed by atoms with Crippen LogP contribution >= 0.6 is 0 Å². The molecular weight excluding hydrogens is 222 g/mol. The average Bonchev–Trinajstić information content (AvgIpc) is 2.82. The monoisotopic (exact) mass is 233 g/mol. The van der Waals surface area contributed by atoms with Crippen LogP contribution in [-0.4, -0.2) is 15.9 Å². The van der Waals surface area contributed by atoms with Crippen LogP contribution in [0.15, 0.2) is 22.6 Å². The first-order chi connectivity index (χ1) is 8.15. The van der Waals surface area contributed by atoms with Crippen LogP contribution in [-0.2, 0) is 0 Å². The SMILES string of the molecule is CC1CC1Nc1nc2c([N+](=O)[O-])cccc2o1. The number of nitro benzene ring substituents is 1. The number of hydrogen-bond donors (Lipinski definition) is 1. The molecule has 17 heavy (non-hydrogen) atoms. The third-order valence-electron chi connectivity index (χ3n) is 3.01. The van der Waals surface area contributed by atoms with Gasteiger partial charge in [-0.1, -0.05) is 13.0 Å². The summed E-state index contributed by atoms with van der Waals surface area (Å²) in [7, 11) is 0. The molecule has 1 aliphatic rings. The molecule has 2 atom stereocenters. The number of fused-ring (bicyclic) bond motifs is 1. The van der Waals surface area contributed by atoms with Gasteiger partial charge in [0.15, 0.2) is 11.1 Å². The molecule has 0 amide bonds. The third-order valence-corrected chi connectivity index (χ3v) is 3.01. The lowest BCUT2D eigenvalue weighted by molar-refractivity contribution is -0.383. The van der Waals surface area contributed by atoms with Crippen molar-refractivity contribution < 1.29 is 9.34 Å². The van der Waals surface area contributed by atoms with E-state index in [0.29, 0.717) is 29.1 Å². The molecule has 1 saturated carbocycles. The molecule has 1 aromatic carbocycles. The van der Waals surface area contributed by atoms with Gasteiger partial charge in [0.1, 0.15) is 0 Å². The second-order valence-electron chi connectivity index (χ2n) is 4.36. The number of benzene rings is 1. The van der Waals surface area contributed by atoms with E-state index in [4.69, 9.17) is 4.42 Å². The van der Waals surface area contributed by atoms with Gasteiger partial charge in [0.25, 0.3) is 11.7 Å². The Bertz CT molecular complexity index is 593. The van der Waals surface area contributed by atoms with Crippen LogP contribution < -0.4 is 5.32 Å². The Morgan fingerprint density at radius 2 is 2.35 bits per heavy atom. The zero-order valence-electron chi connectivity index (χ0n) is 9.21. The van der Waals surface area contributed by atoms with E-state index in [1.165, 1.54) is 6.07 Å². The molecule has 0 saturated heterocycles. The highest BCUT2D eigenvalue weighted by molar-refractivity contribution is 5.84. The molecule has 0 spiro atoms. The third kappa shape index (κ3) is 1.71. The van der Waals surface area contributed by atoms with Crippen molar-refractivity contribution in [3.63, 3.8) is 0 Å². The highest BCUT2D eigenvalue weighted by Gasteiger charge is 2.33. The minimum atomic E-state index is -0.450. The Labute approximate surface area is 96.8 Å². The Morgan fingerprint density at radius 3 is 3.00 bits per heavy atom. The van der Waals surface area contributed by atoms with Gasteiger partial charge in [0.2, 0.25) is 0 Å². The van der Waals surface area contributed by atoms with Gasteiger partial charge in [0.05, 0.1) is 4.92 Å². The van der Waals surface area contributed by atoms with Crippen LogP contribution in [0.4, 0.5) is 11.7 Å². The summed E-state index contributed by atoms with van der Waals surface area (Å²) in [6, 6.07) is 5.44. The maximum absolute atomic E-state index is 10.8. The van der Waals surface area contributed by atoms with Crippen LogP contribution in [0.25, 0.3) is 11.1 Å². The summed E-state index contributed by atoms with van der Waals surface area (Å²) in [4.78, 5) is 14.5. The summed E-state index contributed by atoms with van der Waals surface area (Å²) in [6.45, 7) is 2.13. The van der Waals surface area contributed by atoms with E-state index in [-0.39, 0.29) is 5.69 Å². The van der Waals surface area contributed by atoms with Gasteiger partial charge in [-0.15, -0.1) is 0 Å². The van der Waals surface area contributed by atoms with Gasteiger partial charge < -0.3 is 9.73 Å². The highest BCUT2D eigenvalue weighted by Crippen LogP contribution is 2.34. The van der Waals surface area contributed by atoms with Crippen molar-refractivity contribution in [2.75, 3.05) is 5.32 Å². The Balaban J connectivity index is 2.00. The first-order valence-corrected chi connectivity index (χ1v) is 5.45. The van der Waals surface area contributed by atoms with Crippen LogP contribution in [0.3, 0.4) is 0 Å². The number of hydrogen-bond acceptors (Lipinski definition) is 5.